The van der Waals surface area contributed by atoms with Crippen LogP contribution in [0.2, 0.25) is 0 Å². The van der Waals surface area contributed by atoms with Gasteiger partial charge in [0.25, 0.3) is 0 Å². The highest BCUT2D eigenvalue weighted by atomic mass is 15.1. The molecule has 2 nitrogen and oxygen atoms in total. The zero-order valence-electron chi connectivity index (χ0n) is 12.4. The fourth-order valence-corrected chi connectivity index (χ4v) is 2.82. The minimum atomic E-state index is 0.772. The lowest BCUT2D eigenvalue weighted by Crippen LogP contribution is -2.43. The van der Waals surface area contributed by atoms with Crippen LogP contribution in [-0.4, -0.2) is 37.1 Å². The highest BCUT2D eigenvalue weighted by Gasteiger charge is 2.28. The van der Waals surface area contributed by atoms with Crippen LogP contribution in [0.5, 0.6) is 0 Å². The Morgan fingerprint density at radius 2 is 1.89 bits per heavy atom. The van der Waals surface area contributed by atoms with Gasteiger partial charge in [-0.05, 0) is 71.0 Å². The van der Waals surface area contributed by atoms with Gasteiger partial charge in [0.2, 0.25) is 0 Å². The molecule has 1 atom stereocenters. The summed E-state index contributed by atoms with van der Waals surface area (Å²) in [5.41, 5.74) is 1.44. The van der Waals surface area contributed by atoms with Crippen molar-refractivity contribution in [3.8, 4) is 0 Å². The monoisotopic (exact) mass is 250 g/mol. The maximum absolute atomic E-state index is 3.79. The molecule has 1 heterocycles. The second-order valence-corrected chi connectivity index (χ2v) is 6.58. The van der Waals surface area contributed by atoms with Gasteiger partial charge in [0.05, 0.1) is 0 Å². The van der Waals surface area contributed by atoms with Crippen LogP contribution in [0.25, 0.3) is 0 Å². The lowest BCUT2D eigenvalue weighted by Gasteiger charge is -2.32. The molecular formula is C16H30N2. The lowest BCUT2D eigenvalue weighted by molar-refractivity contribution is 0.210. The van der Waals surface area contributed by atoms with Crippen molar-refractivity contribution < 1.29 is 0 Å². The lowest BCUT2D eigenvalue weighted by atomic mass is 10.0. The summed E-state index contributed by atoms with van der Waals surface area (Å²) in [6.07, 6.45) is 7.96. The maximum atomic E-state index is 3.79. The SMILES string of the molecule is CC(C)=CCN1CCC(NCC(C)C2CC2)CC1. The molecule has 1 unspecified atom stereocenters. The maximum Gasteiger partial charge on any atom is 0.0165 e. The first kappa shape index (κ1) is 14.1. The standard InChI is InChI=1S/C16H30N2/c1-13(2)6-9-18-10-7-16(8-11-18)17-12-14(3)15-4-5-15/h6,14-17H,4-5,7-12H2,1-3H3. The third-order valence-electron chi connectivity index (χ3n) is 4.50. The average molecular weight is 250 g/mol. The van der Waals surface area contributed by atoms with E-state index in [9.17, 15) is 0 Å². The molecule has 1 aliphatic heterocycles. The summed E-state index contributed by atoms with van der Waals surface area (Å²) in [7, 11) is 0. The van der Waals surface area contributed by atoms with E-state index in [0.29, 0.717) is 0 Å². The van der Waals surface area contributed by atoms with Crippen molar-refractivity contribution >= 4 is 0 Å². The van der Waals surface area contributed by atoms with E-state index in [-0.39, 0.29) is 0 Å². The molecule has 0 bridgehead atoms. The summed E-state index contributed by atoms with van der Waals surface area (Å²) in [5, 5.41) is 3.79. The van der Waals surface area contributed by atoms with Gasteiger partial charge in [-0.2, -0.15) is 0 Å². The van der Waals surface area contributed by atoms with E-state index < -0.39 is 0 Å². The number of allylic oxidation sites excluding steroid dienone is 1. The van der Waals surface area contributed by atoms with Crippen molar-refractivity contribution in [2.75, 3.05) is 26.2 Å². The van der Waals surface area contributed by atoms with Gasteiger partial charge in [0.1, 0.15) is 0 Å². The van der Waals surface area contributed by atoms with Crippen LogP contribution < -0.4 is 5.32 Å². The van der Waals surface area contributed by atoms with Crippen molar-refractivity contribution in [3.63, 3.8) is 0 Å². The molecule has 1 saturated carbocycles. The van der Waals surface area contributed by atoms with Crippen LogP contribution in [0, 0.1) is 11.8 Å². The molecule has 0 aromatic rings. The Morgan fingerprint density at radius 1 is 1.22 bits per heavy atom. The number of nitrogens with zero attached hydrogens (tertiary/aromatic N) is 1. The van der Waals surface area contributed by atoms with Gasteiger partial charge >= 0.3 is 0 Å². The van der Waals surface area contributed by atoms with E-state index in [1.807, 2.05) is 0 Å². The quantitative estimate of drug-likeness (QED) is 0.729. The van der Waals surface area contributed by atoms with E-state index in [2.05, 4.69) is 37.1 Å². The highest BCUT2D eigenvalue weighted by molar-refractivity contribution is 4.95. The van der Waals surface area contributed by atoms with Gasteiger partial charge in [-0.3, -0.25) is 4.90 Å². The van der Waals surface area contributed by atoms with Gasteiger partial charge in [0, 0.05) is 12.6 Å². The zero-order valence-corrected chi connectivity index (χ0v) is 12.4. The largest absolute Gasteiger partial charge is 0.314 e. The zero-order chi connectivity index (χ0) is 13.0. The second-order valence-electron chi connectivity index (χ2n) is 6.58. The van der Waals surface area contributed by atoms with E-state index in [1.54, 1.807) is 0 Å². The Hall–Kier alpha value is -0.340. The fourth-order valence-electron chi connectivity index (χ4n) is 2.82. The summed E-state index contributed by atoms with van der Waals surface area (Å²) < 4.78 is 0. The molecule has 1 saturated heterocycles. The van der Waals surface area contributed by atoms with Crippen molar-refractivity contribution in [1.29, 1.82) is 0 Å². The van der Waals surface area contributed by atoms with Gasteiger partial charge in [-0.15, -0.1) is 0 Å². The fraction of sp³-hybridized carbons (Fsp3) is 0.875. The molecule has 1 N–H and O–H groups in total. The Morgan fingerprint density at radius 3 is 2.44 bits per heavy atom. The molecule has 0 aromatic heterocycles. The number of piperidine rings is 1. The van der Waals surface area contributed by atoms with Crippen molar-refractivity contribution in [2.24, 2.45) is 11.8 Å². The minimum absolute atomic E-state index is 0.772. The van der Waals surface area contributed by atoms with Gasteiger partial charge < -0.3 is 5.32 Å². The second kappa shape index (κ2) is 6.72. The van der Waals surface area contributed by atoms with E-state index in [4.69, 9.17) is 0 Å². The first-order valence-corrected chi connectivity index (χ1v) is 7.74. The Balaban J connectivity index is 1.59. The molecule has 0 amide bonds. The van der Waals surface area contributed by atoms with Gasteiger partial charge in [0.15, 0.2) is 0 Å². The molecule has 2 rings (SSSR count). The molecule has 2 heteroatoms. The number of hydrogen-bond acceptors (Lipinski definition) is 2. The Bertz CT molecular complexity index is 269. The van der Waals surface area contributed by atoms with Crippen LogP contribution in [0.4, 0.5) is 0 Å². The highest BCUT2D eigenvalue weighted by Crippen LogP contribution is 2.36. The molecule has 0 spiro atoms. The summed E-state index contributed by atoms with van der Waals surface area (Å²) in [4.78, 5) is 2.58. The molecule has 0 aromatic carbocycles. The molecule has 2 fully saturated rings. The summed E-state index contributed by atoms with van der Waals surface area (Å²) >= 11 is 0. The smallest absolute Gasteiger partial charge is 0.0165 e. The predicted octanol–water partition coefficient (Wildman–Crippen LogP) is 3.05. The van der Waals surface area contributed by atoms with E-state index in [0.717, 1.165) is 24.4 Å². The average Bonchev–Trinajstić information content (AvgIpc) is 3.19. The Labute approximate surface area is 113 Å². The minimum Gasteiger partial charge on any atom is -0.314 e. The number of rotatable bonds is 6. The summed E-state index contributed by atoms with van der Waals surface area (Å²) in [6, 6.07) is 0.772. The van der Waals surface area contributed by atoms with Crippen molar-refractivity contribution in [2.45, 2.75) is 52.5 Å². The molecule has 18 heavy (non-hydrogen) atoms. The van der Waals surface area contributed by atoms with Gasteiger partial charge in [-0.25, -0.2) is 0 Å². The molecule has 104 valence electrons. The molecule has 0 radical (unpaired) electrons. The molecule has 1 aliphatic carbocycles. The van der Waals surface area contributed by atoms with Crippen LogP contribution in [0.15, 0.2) is 11.6 Å². The van der Waals surface area contributed by atoms with Crippen molar-refractivity contribution in [3.05, 3.63) is 11.6 Å². The number of likely N-dealkylation sites (tertiary alicyclic amines) is 1. The van der Waals surface area contributed by atoms with Crippen LogP contribution in [0.1, 0.15) is 46.5 Å². The molecule has 2 aliphatic rings. The first-order chi connectivity index (χ1) is 8.65. The van der Waals surface area contributed by atoms with Crippen LogP contribution in [0.3, 0.4) is 0 Å². The van der Waals surface area contributed by atoms with E-state index >= 15 is 0 Å². The first-order valence-electron chi connectivity index (χ1n) is 7.74. The van der Waals surface area contributed by atoms with Crippen LogP contribution >= 0.6 is 0 Å². The molecular weight excluding hydrogens is 220 g/mol. The number of nitrogens with one attached hydrogen (secondary N) is 1. The van der Waals surface area contributed by atoms with Crippen molar-refractivity contribution in [1.82, 2.24) is 10.2 Å². The van der Waals surface area contributed by atoms with Crippen LogP contribution in [-0.2, 0) is 0 Å². The predicted molar refractivity (Wildman–Crippen MR) is 78.8 cm³/mol. The van der Waals surface area contributed by atoms with E-state index in [1.165, 1.54) is 50.9 Å². The normalized spacial score (nSPS) is 23.9. The topological polar surface area (TPSA) is 15.3 Å². The summed E-state index contributed by atoms with van der Waals surface area (Å²) in [5.74, 6) is 1.93. The van der Waals surface area contributed by atoms with Gasteiger partial charge in [-0.1, -0.05) is 18.6 Å². The third kappa shape index (κ3) is 4.74. The Kier molecular flexibility index (Phi) is 5.25. The number of hydrogen-bond donors (Lipinski definition) is 1. The third-order valence-corrected chi connectivity index (χ3v) is 4.50. The summed E-state index contributed by atoms with van der Waals surface area (Å²) in [6.45, 7) is 11.7.